The van der Waals surface area contributed by atoms with E-state index in [1.54, 1.807) is 36.0 Å². The molecular formula is C14H16N8O. The summed E-state index contributed by atoms with van der Waals surface area (Å²) < 4.78 is 1.69. The van der Waals surface area contributed by atoms with Crippen LogP contribution in [0.4, 0.5) is 0 Å². The Hall–Kier alpha value is -3.10. The van der Waals surface area contributed by atoms with E-state index in [-0.39, 0.29) is 5.91 Å². The number of nitrogens with one attached hydrogen (secondary N) is 1. The van der Waals surface area contributed by atoms with Gasteiger partial charge in [0.1, 0.15) is 12.2 Å². The van der Waals surface area contributed by atoms with Crippen molar-refractivity contribution >= 4 is 5.91 Å². The van der Waals surface area contributed by atoms with E-state index in [0.717, 1.165) is 11.4 Å². The van der Waals surface area contributed by atoms with Gasteiger partial charge in [0.2, 0.25) is 5.82 Å². The van der Waals surface area contributed by atoms with Crippen LogP contribution in [0.15, 0.2) is 30.6 Å². The normalized spacial score (nSPS) is 10.7. The van der Waals surface area contributed by atoms with Crippen molar-refractivity contribution in [2.75, 3.05) is 6.54 Å². The van der Waals surface area contributed by atoms with E-state index in [9.17, 15) is 4.79 Å². The van der Waals surface area contributed by atoms with Crippen LogP contribution in [0.3, 0.4) is 0 Å². The molecule has 0 unspecified atom stereocenters. The molecule has 0 aliphatic carbocycles. The maximum Gasteiger partial charge on any atom is 0.251 e. The molecule has 0 radical (unpaired) electrons. The molecule has 0 spiro atoms. The van der Waals surface area contributed by atoms with Gasteiger partial charge in [0.15, 0.2) is 0 Å². The topological polar surface area (TPSA) is 103 Å². The summed E-state index contributed by atoms with van der Waals surface area (Å²) in [5, 5.41) is 18.7. The first-order chi connectivity index (χ1) is 11.1. The first kappa shape index (κ1) is 14.8. The molecular weight excluding hydrogens is 296 g/mol. The Labute approximate surface area is 132 Å². The van der Waals surface area contributed by atoms with E-state index >= 15 is 0 Å². The molecule has 118 valence electrons. The Balaban J connectivity index is 1.58. The molecule has 3 rings (SSSR count). The second-order valence-electron chi connectivity index (χ2n) is 4.99. The minimum atomic E-state index is -0.133. The zero-order valence-corrected chi connectivity index (χ0v) is 12.8. The minimum Gasteiger partial charge on any atom is -0.352 e. The minimum absolute atomic E-state index is 0.133. The monoisotopic (exact) mass is 312 g/mol. The number of carbonyl (C=O) groups excluding carboxylic acids is 1. The van der Waals surface area contributed by atoms with Crippen LogP contribution in [-0.4, -0.2) is 47.4 Å². The van der Waals surface area contributed by atoms with Gasteiger partial charge in [0.05, 0.1) is 7.05 Å². The van der Waals surface area contributed by atoms with Crippen LogP contribution < -0.4 is 5.32 Å². The van der Waals surface area contributed by atoms with Gasteiger partial charge in [0, 0.05) is 31.1 Å². The molecule has 0 aliphatic heterocycles. The maximum absolute atomic E-state index is 12.1. The van der Waals surface area contributed by atoms with Gasteiger partial charge in [-0.3, -0.25) is 9.48 Å². The van der Waals surface area contributed by atoms with Gasteiger partial charge in [-0.2, -0.15) is 9.90 Å². The molecule has 9 heteroatoms. The second-order valence-corrected chi connectivity index (χ2v) is 4.99. The lowest BCUT2D eigenvalue weighted by atomic mass is 10.1. The number of tetrazole rings is 1. The molecule has 3 aromatic rings. The molecule has 1 amide bonds. The molecule has 0 saturated heterocycles. The van der Waals surface area contributed by atoms with Crippen molar-refractivity contribution in [1.82, 2.24) is 40.3 Å². The van der Waals surface area contributed by atoms with E-state index in [1.165, 1.54) is 11.1 Å². The fourth-order valence-corrected chi connectivity index (χ4v) is 2.11. The first-order valence-electron chi connectivity index (χ1n) is 7.09. The lowest BCUT2D eigenvalue weighted by Gasteiger charge is -2.05. The van der Waals surface area contributed by atoms with Crippen LogP contribution in [0, 0.1) is 0 Å². The molecule has 2 aromatic heterocycles. The van der Waals surface area contributed by atoms with Gasteiger partial charge in [0.25, 0.3) is 5.91 Å². The zero-order chi connectivity index (χ0) is 16.2. The third-order valence-corrected chi connectivity index (χ3v) is 3.35. The average Bonchev–Trinajstić information content (AvgIpc) is 3.16. The van der Waals surface area contributed by atoms with Crippen LogP contribution in [0.5, 0.6) is 0 Å². The van der Waals surface area contributed by atoms with Crippen molar-refractivity contribution in [3.05, 3.63) is 42.0 Å². The summed E-state index contributed by atoms with van der Waals surface area (Å²) in [6.07, 6.45) is 2.13. The Morgan fingerprint density at radius 1 is 1.22 bits per heavy atom. The zero-order valence-electron chi connectivity index (χ0n) is 12.8. The second kappa shape index (κ2) is 6.34. The van der Waals surface area contributed by atoms with Crippen molar-refractivity contribution in [2.45, 2.75) is 6.42 Å². The number of nitrogens with zero attached hydrogens (tertiary/aromatic N) is 7. The Morgan fingerprint density at radius 2 is 2.00 bits per heavy atom. The number of hydrogen-bond donors (Lipinski definition) is 1. The largest absolute Gasteiger partial charge is 0.352 e. The van der Waals surface area contributed by atoms with E-state index in [1.807, 2.05) is 7.05 Å². The van der Waals surface area contributed by atoms with Crippen molar-refractivity contribution in [3.63, 3.8) is 0 Å². The van der Waals surface area contributed by atoms with Crippen molar-refractivity contribution in [2.24, 2.45) is 14.1 Å². The summed E-state index contributed by atoms with van der Waals surface area (Å²) in [5.41, 5.74) is 1.39. The van der Waals surface area contributed by atoms with Gasteiger partial charge >= 0.3 is 0 Å². The summed E-state index contributed by atoms with van der Waals surface area (Å²) in [7, 11) is 3.53. The molecule has 1 N–H and O–H groups in total. The fourth-order valence-electron chi connectivity index (χ4n) is 2.11. The number of rotatable bonds is 5. The standard InChI is InChI=1S/C14H16N8O/c1-21-12(16-9-17-21)7-8-15-14(23)11-5-3-10(4-6-11)13-18-20-22(2)19-13/h3-6,9H,7-8H2,1-2H3,(H,15,23). The Bertz CT molecular complexity index is 804. The molecule has 0 bridgehead atoms. The fraction of sp³-hybridized carbons (Fsp3) is 0.286. The van der Waals surface area contributed by atoms with Gasteiger partial charge in [-0.1, -0.05) is 12.1 Å². The maximum atomic E-state index is 12.1. The third-order valence-electron chi connectivity index (χ3n) is 3.35. The summed E-state index contributed by atoms with van der Waals surface area (Å²) >= 11 is 0. The number of amides is 1. The van der Waals surface area contributed by atoms with Crippen molar-refractivity contribution < 1.29 is 4.79 Å². The Morgan fingerprint density at radius 3 is 2.61 bits per heavy atom. The van der Waals surface area contributed by atoms with Gasteiger partial charge in [-0.15, -0.1) is 10.2 Å². The van der Waals surface area contributed by atoms with Gasteiger partial charge in [-0.05, 0) is 17.3 Å². The van der Waals surface area contributed by atoms with Crippen molar-refractivity contribution in [1.29, 1.82) is 0 Å². The predicted molar refractivity (Wildman–Crippen MR) is 81.3 cm³/mol. The van der Waals surface area contributed by atoms with Crippen LogP contribution in [-0.2, 0) is 20.5 Å². The molecule has 9 nitrogen and oxygen atoms in total. The molecule has 2 heterocycles. The van der Waals surface area contributed by atoms with E-state index in [4.69, 9.17) is 0 Å². The summed E-state index contributed by atoms with van der Waals surface area (Å²) in [6.45, 7) is 0.499. The van der Waals surface area contributed by atoms with E-state index in [0.29, 0.717) is 24.4 Å². The quantitative estimate of drug-likeness (QED) is 0.710. The molecule has 1 aromatic carbocycles. The number of aryl methyl sites for hydroxylation is 2. The number of aromatic nitrogens is 7. The number of benzene rings is 1. The van der Waals surface area contributed by atoms with E-state index in [2.05, 4.69) is 30.8 Å². The predicted octanol–water partition coefficient (Wildman–Crippen LogP) is -0.0219. The van der Waals surface area contributed by atoms with Crippen LogP contribution in [0.2, 0.25) is 0 Å². The molecule has 0 aliphatic rings. The number of carbonyl (C=O) groups is 1. The van der Waals surface area contributed by atoms with Crippen molar-refractivity contribution in [3.8, 4) is 11.4 Å². The SMILES string of the molecule is Cn1nnc(-c2ccc(C(=O)NCCc3ncnn3C)cc2)n1. The van der Waals surface area contributed by atoms with Crippen LogP contribution in [0.25, 0.3) is 11.4 Å². The molecule has 23 heavy (non-hydrogen) atoms. The first-order valence-corrected chi connectivity index (χ1v) is 7.09. The van der Waals surface area contributed by atoms with Crippen LogP contribution in [0.1, 0.15) is 16.2 Å². The Kier molecular flexibility index (Phi) is 4.09. The highest BCUT2D eigenvalue weighted by Crippen LogP contribution is 2.14. The third kappa shape index (κ3) is 3.39. The molecule has 0 saturated carbocycles. The number of hydrogen-bond acceptors (Lipinski definition) is 6. The lowest BCUT2D eigenvalue weighted by Crippen LogP contribution is -2.26. The summed E-state index contributed by atoms with van der Waals surface area (Å²) in [6, 6.07) is 7.08. The van der Waals surface area contributed by atoms with Crippen LogP contribution >= 0.6 is 0 Å². The highest BCUT2D eigenvalue weighted by atomic mass is 16.1. The lowest BCUT2D eigenvalue weighted by molar-refractivity contribution is 0.0954. The summed E-state index contributed by atoms with van der Waals surface area (Å²) in [4.78, 5) is 17.6. The molecule has 0 fully saturated rings. The smallest absolute Gasteiger partial charge is 0.251 e. The van der Waals surface area contributed by atoms with Gasteiger partial charge in [-0.25, -0.2) is 4.98 Å². The molecule has 0 atom stereocenters. The highest BCUT2D eigenvalue weighted by Gasteiger charge is 2.08. The summed E-state index contributed by atoms with van der Waals surface area (Å²) in [5.74, 6) is 1.22. The van der Waals surface area contributed by atoms with E-state index < -0.39 is 0 Å². The van der Waals surface area contributed by atoms with Gasteiger partial charge < -0.3 is 5.32 Å². The average molecular weight is 312 g/mol. The highest BCUT2D eigenvalue weighted by molar-refractivity contribution is 5.94.